The van der Waals surface area contributed by atoms with Crippen molar-refractivity contribution in [1.82, 2.24) is 9.97 Å². The van der Waals surface area contributed by atoms with E-state index in [1.165, 1.54) is 0 Å². The standard InChI is InChI=1S/C23H34N2O2/c1-16(2)15-26-22-11-7-9-20(24-22)14-13-18(5)19(6)27-23-12-8-10-21(25-23)17(3)4/h7-12,16-19H,13-15H2,1-6H3. The molecule has 0 fully saturated rings. The number of aryl methyl sites for hydroxylation is 1. The monoisotopic (exact) mass is 370 g/mol. The fraction of sp³-hybridized carbons (Fsp3) is 0.565. The summed E-state index contributed by atoms with van der Waals surface area (Å²) in [5.74, 6) is 2.72. The maximum atomic E-state index is 6.09. The molecule has 0 aliphatic heterocycles. The molecule has 0 spiro atoms. The number of aromatic nitrogens is 2. The van der Waals surface area contributed by atoms with Gasteiger partial charge in [-0.05, 0) is 49.7 Å². The summed E-state index contributed by atoms with van der Waals surface area (Å²) in [6, 6.07) is 12.0. The molecule has 4 nitrogen and oxygen atoms in total. The molecule has 0 saturated carbocycles. The summed E-state index contributed by atoms with van der Waals surface area (Å²) < 4.78 is 11.8. The molecule has 0 N–H and O–H groups in total. The van der Waals surface area contributed by atoms with Crippen molar-refractivity contribution in [1.29, 1.82) is 0 Å². The Morgan fingerprint density at radius 2 is 1.56 bits per heavy atom. The van der Waals surface area contributed by atoms with Crippen LogP contribution in [0.5, 0.6) is 11.8 Å². The number of rotatable bonds is 10. The van der Waals surface area contributed by atoms with Crippen LogP contribution in [0.1, 0.15) is 65.3 Å². The van der Waals surface area contributed by atoms with Gasteiger partial charge in [-0.3, -0.25) is 0 Å². The van der Waals surface area contributed by atoms with Crippen molar-refractivity contribution in [2.75, 3.05) is 6.61 Å². The highest BCUT2D eigenvalue weighted by atomic mass is 16.5. The molecule has 4 heteroatoms. The zero-order chi connectivity index (χ0) is 19.8. The first-order chi connectivity index (χ1) is 12.8. The van der Waals surface area contributed by atoms with E-state index in [0.29, 0.717) is 36.1 Å². The molecule has 2 unspecified atom stereocenters. The van der Waals surface area contributed by atoms with Crippen LogP contribution in [0.3, 0.4) is 0 Å². The van der Waals surface area contributed by atoms with Gasteiger partial charge in [-0.1, -0.05) is 46.8 Å². The van der Waals surface area contributed by atoms with Gasteiger partial charge in [0.05, 0.1) is 6.61 Å². The van der Waals surface area contributed by atoms with Crippen LogP contribution in [0.2, 0.25) is 0 Å². The average Bonchev–Trinajstić information content (AvgIpc) is 2.65. The van der Waals surface area contributed by atoms with Gasteiger partial charge < -0.3 is 9.47 Å². The van der Waals surface area contributed by atoms with Gasteiger partial charge in [-0.2, -0.15) is 0 Å². The van der Waals surface area contributed by atoms with E-state index in [4.69, 9.17) is 9.47 Å². The van der Waals surface area contributed by atoms with E-state index in [2.05, 4.69) is 57.6 Å². The smallest absolute Gasteiger partial charge is 0.213 e. The Morgan fingerprint density at radius 3 is 2.26 bits per heavy atom. The van der Waals surface area contributed by atoms with E-state index in [-0.39, 0.29) is 6.10 Å². The lowest BCUT2D eigenvalue weighted by molar-refractivity contribution is 0.148. The van der Waals surface area contributed by atoms with Crippen LogP contribution < -0.4 is 9.47 Å². The summed E-state index contributed by atoms with van der Waals surface area (Å²) in [7, 11) is 0. The van der Waals surface area contributed by atoms with E-state index in [1.54, 1.807) is 0 Å². The van der Waals surface area contributed by atoms with E-state index >= 15 is 0 Å². The maximum Gasteiger partial charge on any atom is 0.213 e. The number of hydrogen-bond donors (Lipinski definition) is 0. The van der Waals surface area contributed by atoms with Crippen LogP contribution in [-0.4, -0.2) is 22.7 Å². The Bertz CT molecular complexity index is 700. The van der Waals surface area contributed by atoms with Crippen LogP contribution >= 0.6 is 0 Å². The predicted molar refractivity (Wildman–Crippen MR) is 110 cm³/mol. The third-order valence-corrected chi connectivity index (χ3v) is 4.65. The first-order valence-corrected chi connectivity index (χ1v) is 10.1. The second-order valence-corrected chi connectivity index (χ2v) is 8.07. The van der Waals surface area contributed by atoms with Gasteiger partial charge in [-0.25, -0.2) is 9.97 Å². The van der Waals surface area contributed by atoms with Crippen LogP contribution in [-0.2, 0) is 6.42 Å². The first-order valence-electron chi connectivity index (χ1n) is 10.1. The van der Waals surface area contributed by atoms with Crippen molar-refractivity contribution in [3.63, 3.8) is 0 Å². The second-order valence-electron chi connectivity index (χ2n) is 8.07. The van der Waals surface area contributed by atoms with Gasteiger partial charge in [0.15, 0.2) is 0 Å². The van der Waals surface area contributed by atoms with Gasteiger partial charge in [0.2, 0.25) is 11.8 Å². The minimum Gasteiger partial charge on any atom is -0.477 e. The molecule has 0 aromatic carbocycles. The summed E-state index contributed by atoms with van der Waals surface area (Å²) in [4.78, 5) is 9.22. The van der Waals surface area contributed by atoms with E-state index in [1.807, 2.05) is 30.3 Å². The third kappa shape index (κ3) is 7.20. The molecule has 0 aliphatic rings. The lowest BCUT2D eigenvalue weighted by Gasteiger charge is -2.21. The number of ether oxygens (including phenoxy) is 2. The SMILES string of the molecule is CC(C)COc1cccc(CCC(C)C(C)Oc2cccc(C(C)C)n2)n1. The van der Waals surface area contributed by atoms with E-state index in [0.717, 1.165) is 24.2 Å². The molecule has 0 bridgehead atoms. The highest BCUT2D eigenvalue weighted by Gasteiger charge is 2.16. The fourth-order valence-electron chi connectivity index (χ4n) is 2.66. The van der Waals surface area contributed by atoms with Gasteiger partial charge in [0.25, 0.3) is 0 Å². The molecule has 0 radical (unpaired) electrons. The Kier molecular flexibility index (Phi) is 8.08. The van der Waals surface area contributed by atoms with Crippen molar-refractivity contribution in [3.05, 3.63) is 47.8 Å². The highest BCUT2D eigenvalue weighted by molar-refractivity contribution is 5.18. The Balaban J connectivity index is 1.86. The van der Waals surface area contributed by atoms with Crippen LogP contribution in [0, 0.1) is 11.8 Å². The molecule has 2 aromatic heterocycles. The topological polar surface area (TPSA) is 44.2 Å². The summed E-state index contributed by atoms with van der Waals surface area (Å²) in [5.41, 5.74) is 2.13. The van der Waals surface area contributed by atoms with E-state index < -0.39 is 0 Å². The third-order valence-electron chi connectivity index (χ3n) is 4.65. The molecular weight excluding hydrogens is 336 g/mol. The predicted octanol–water partition coefficient (Wildman–Crippen LogP) is 5.67. The summed E-state index contributed by atoms with van der Waals surface area (Å²) in [5, 5.41) is 0. The maximum absolute atomic E-state index is 6.09. The van der Waals surface area contributed by atoms with Gasteiger partial charge in [0, 0.05) is 23.5 Å². The molecule has 2 atom stereocenters. The number of pyridine rings is 2. The zero-order valence-corrected chi connectivity index (χ0v) is 17.6. The summed E-state index contributed by atoms with van der Waals surface area (Å²) >= 11 is 0. The van der Waals surface area contributed by atoms with Crippen LogP contribution in [0.15, 0.2) is 36.4 Å². The second kappa shape index (κ2) is 10.3. The van der Waals surface area contributed by atoms with Crippen molar-refractivity contribution in [2.45, 2.75) is 66.4 Å². The lowest BCUT2D eigenvalue weighted by atomic mass is 9.99. The molecule has 0 saturated heterocycles. The molecule has 2 heterocycles. The normalized spacial score (nSPS) is 13.6. The van der Waals surface area contributed by atoms with Crippen molar-refractivity contribution >= 4 is 0 Å². The van der Waals surface area contributed by atoms with Crippen molar-refractivity contribution in [2.24, 2.45) is 11.8 Å². The summed E-state index contributed by atoms with van der Waals surface area (Å²) in [6.45, 7) is 13.6. The largest absolute Gasteiger partial charge is 0.477 e. The zero-order valence-electron chi connectivity index (χ0n) is 17.6. The van der Waals surface area contributed by atoms with Crippen molar-refractivity contribution < 1.29 is 9.47 Å². The molecule has 0 aliphatic carbocycles. The summed E-state index contributed by atoms with van der Waals surface area (Å²) in [6.07, 6.45) is 2.01. The Morgan fingerprint density at radius 1 is 0.852 bits per heavy atom. The minimum absolute atomic E-state index is 0.0975. The van der Waals surface area contributed by atoms with Crippen LogP contribution in [0.4, 0.5) is 0 Å². The van der Waals surface area contributed by atoms with E-state index in [9.17, 15) is 0 Å². The number of hydrogen-bond acceptors (Lipinski definition) is 4. The highest BCUT2D eigenvalue weighted by Crippen LogP contribution is 2.20. The van der Waals surface area contributed by atoms with Gasteiger partial charge >= 0.3 is 0 Å². The van der Waals surface area contributed by atoms with Gasteiger partial charge in [-0.15, -0.1) is 0 Å². The van der Waals surface area contributed by atoms with Crippen molar-refractivity contribution in [3.8, 4) is 11.8 Å². The molecule has 148 valence electrons. The number of nitrogens with zero attached hydrogens (tertiary/aromatic N) is 2. The molecule has 2 aromatic rings. The quantitative estimate of drug-likeness (QED) is 0.540. The Labute approximate surface area is 164 Å². The minimum atomic E-state index is 0.0975. The Hall–Kier alpha value is -2.10. The lowest BCUT2D eigenvalue weighted by Crippen LogP contribution is -2.22. The first kappa shape index (κ1) is 21.2. The molecule has 27 heavy (non-hydrogen) atoms. The van der Waals surface area contributed by atoms with Crippen LogP contribution in [0.25, 0.3) is 0 Å². The fourth-order valence-corrected chi connectivity index (χ4v) is 2.66. The molecular formula is C23H34N2O2. The average molecular weight is 371 g/mol. The van der Waals surface area contributed by atoms with Gasteiger partial charge in [0.1, 0.15) is 6.10 Å². The molecule has 0 amide bonds. The molecule has 2 rings (SSSR count).